The summed E-state index contributed by atoms with van der Waals surface area (Å²) >= 11 is 1.62. The number of sulfone groups is 1. The van der Waals surface area contributed by atoms with Gasteiger partial charge in [-0.1, -0.05) is 6.07 Å². The SMILES string of the molecule is CS(=O)(=O)C1CSCCN1Cc1ccc(F)c(C#N)c1. The van der Waals surface area contributed by atoms with Gasteiger partial charge in [-0.3, -0.25) is 4.90 Å². The molecule has 0 radical (unpaired) electrons. The predicted molar refractivity (Wildman–Crippen MR) is 77.5 cm³/mol. The highest BCUT2D eigenvalue weighted by Crippen LogP contribution is 2.23. The summed E-state index contributed by atoms with van der Waals surface area (Å²) in [6.07, 6.45) is 1.24. The van der Waals surface area contributed by atoms with Crippen LogP contribution in [-0.4, -0.2) is 43.0 Å². The molecular formula is C13H15FN2O2S2. The van der Waals surface area contributed by atoms with Gasteiger partial charge >= 0.3 is 0 Å². The summed E-state index contributed by atoms with van der Waals surface area (Å²) < 4.78 is 36.9. The first-order valence-electron chi connectivity index (χ1n) is 6.11. The van der Waals surface area contributed by atoms with Gasteiger partial charge in [0.05, 0.1) is 5.56 Å². The van der Waals surface area contributed by atoms with Crippen molar-refractivity contribution in [2.75, 3.05) is 24.3 Å². The summed E-state index contributed by atoms with van der Waals surface area (Å²) in [6.45, 7) is 1.08. The van der Waals surface area contributed by atoms with E-state index in [1.807, 2.05) is 4.90 Å². The monoisotopic (exact) mass is 314 g/mol. The molecule has 0 N–H and O–H groups in total. The molecule has 1 heterocycles. The van der Waals surface area contributed by atoms with Crippen LogP contribution < -0.4 is 0 Å². The lowest BCUT2D eigenvalue weighted by Gasteiger charge is -2.34. The maximum atomic E-state index is 13.3. The van der Waals surface area contributed by atoms with E-state index < -0.39 is 21.0 Å². The second-order valence-electron chi connectivity index (χ2n) is 4.76. The van der Waals surface area contributed by atoms with Gasteiger partial charge in [-0.25, -0.2) is 12.8 Å². The molecule has 1 atom stereocenters. The first kappa shape index (κ1) is 15.3. The van der Waals surface area contributed by atoms with E-state index in [-0.39, 0.29) is 5.56 Å². The molecule has 1 unspecified atom stereocenters. The summed E-state index contributed by atoms with van der Waals surface area (Å²) in [5, 5.41) is 8.31. The quantitative estimate of drug-likeness (QED) is 0.848. The molecule has 7 heteroatoms. The van der Waals surface area contributed by atoms with Gasteiger partial charge in [-0.15, -0.1) is 0 Å². The zero-order chi connectivity index (χ0) is 14.8. The lowest BCUT2D eigenvalue weighted by atomic mass is 10.1. The van der Waals surface area contributed by atoms with Crippen LogP contribution in [0, 0.1) is 17.1 Å². The smallest absolute Gasteiger partial charge is 0.164 e. The molecule has 1 aromatic carbocycles. The third kappa shape index (κ3) is 3.51. The topological polar surface area (TPSA) is 61.2 Å². The third-order valence-electron chi connectivity index (χ3n) is 3.22. The maximum Gasteiger partial charge on any atom is 0.164 e. The molecule has 0 spiro atoms. The zero-order valence-corrected chi connectivity index (χ0v) is 12.7. The summed E-state index contributed by atoms with van der Waals surface area (Å²) in [6, 6.07) is 6.13. The standard InChI is InChI=1S/C13H15FN2O2S2/c1-20(17,18)13-9-19-5-4-16(13)8-10-2-3-12(14)11(6-10)7-15/h2-3,6,13H,4-5,8-9H2,1H3. The second-order valence-corrected chi connectivity index (χ2v) is 8.11. The van der Waals surface area contributed by atoms with Crippen LogP contribution in [-0.2, 0) is 16.4 Å². The molecule has 4 nitrogen and oxygen atoms in total. The summed E-state index contributed by atoms with van der Waals surface area (Å²) in [7, 11) is -3.15. The molecular weight excluding hydrogens is 299 g/mol. The Morgan fingerprint density at radius 3 is 2.95 bits per heavy atom. The summed E-state index contributed by atoms with van der Waals surface area (Å²) in [5.41, 5.74) is 0.744. The summed E-state index contributed by atoms with van der Waals surface area (Å²) in [4.78, 5) is 1.88. The van der Waals surface area contributed by atoms with Crippen molar-refractivity contribution < 1.29 is 12.8 Å². The van der Waals surface area contributed by atoms with Crippen molar-refractivity contribution in [3.8, 4) is 6.07 Å². The molecule has 1 aromatic rings. The fraction of sp³-hybridized carbons (Fsp3) is 0.462. The highest BCUT2D eigenvalue weighted by Gasteiger charge is 2.30. The van der Waals surface area contributed by atoms with E-state index >= 15 is 0 Å². The lowest BCUT2D eigenvalue weighted by Crippen LogP contribution is -2.46. The number of halogens is 1. The van der Waals surface area contributed by atoms with Gasteiger partial charge in [0, 0.05) is 30.9 Å². The van der Waals surface area contributed by atoms with Gasteiger partial charge in [-0.05, 0) is 17.7 Å². The van der Waals surface area contributed by atoms with Crippen molar-refractivity contribution in [3.63, 3.8) is 0 Å². The number of hydrogen-bond donors (Lipinski definition) is 0. The van der Waals surface area contributed by atoms with Gasteiger partial charge in [0.1, 0.15) is 17.3 Å². The average Bonchev–Trinajstić information content (AvgIpc) is 2.40. The number of thioether (sulfide) groups is 1. The highest BCUT2D eigenvalue weighted by molar-refractivity contribution is 8.00. The van der Waals surface area contributed by atoms with Gasteiger partial charge in [-0.2, -0.15) is 17.0 Å². The van der Waals surface area contributed by atoms with Crippen LogP contribution in [0.5, 0.6) is 0 Å². The Balaban J connectivity index is 2.21. The normalized spacial score (nSPS) is 20.6. The first-order chi connectivity index (χ1) is 9.41. The molecule has 0 bridgehead atoms. The number of hydrogen-bond acceptors (Lipinski definition) is 5. The maximum absolute atomic E-state index is 13.3. The van der Waals surface area contributed by atoms with Gasteiger partial charge in [0.25, 0.3) is 0 Å². The Morgan fingerprint density at radius 1 is 1.55 bits per heavy atom. The molecule has 0 amide bonds. The lowest BCUT2D eigenvalue weighted by molar-refractivity contribution is 0.262. The minimum atomic E-state index is -3.15. The van der Waals surface area contributed by atoms with Crippen molar-refractivity contribution in [2.24, 2.45) is 0 Å². The number of rotatable bonds is 3. The van der Waals surface area contributed by atoms with Crippen LogP contribution in [0.2, 0.25) is 0 Å². The van der Waals surface area contributed by atoms with Crippen LogP contribution in [0.4, 0.5) is 4.39 Å². The predicted octanol–water partition coefficient (Wildman–Crippen LogP) is 1.62. The van der Waals surface area contributed by atoms with E-state index in [9.17, 15) is 12.8 Å². The number of nitrogens with zero attached hydrogens (tertiary/aromatic N) is 2. The highest BCUT2D eigenvalue weighted by atomic mass is 32.2. The van der Waals surface area contributed by atoms with Crippen LogP contribution in [0.1, 0.15) is 11.1 Å². The van der Waals surface area contributed by atoms with Crippen molar-refractivity contribution in [1.82, 2.24) is 4.90 Å². The Kier molecular flexibility index (Phi) is 4.68. The van der Waals surface area contributed by atoms with Crippen LogP contribution >= 0.6 is 11.8 Å². The molecule has 2 rings (SSSR count). The van der Waals surface area contributed by atoms with E-state index in [0.717, 1.165) is 11.3 Å². The van der Waals surface area contributed by atoms with Crippen LogP contribution in [0.25, 0.3) is 0 Å². The Labute approximate surface area is 122 Å². The van der Waals surface area contributed by atoms with Crippen molar-refractivity contribution in [2.45, 2.75) is 11.9 Å². The van der Waals surface area contributed by atoms with E-state index in [0.29, 0.717) is 18.8 Å². The Hall–Kier alpha value is -1.10. The fourth-order valence-electron chi connectivity index (χ4n) is 2.18. The van der Waals surface area contributed by atoms with Crippen molar-refractivity contribution in [3.05, 3.63) is 35.1 Å². The average molecular weight is 314 g/mol. The van der Waals surface area contributed by atoms with E-state index in [1.165, 1.54) is 18.4 Å². The zero-order valence-electron chi connectivity index (χ0n) is 11.0. The minimum Gasteiger partial charge on any atom is -0.281 e. The summed E-state index contributed by atoms with van der Waals surface area (Å²) in [5.74, 6) is 0.869. The molecule has 108 valence electrons. The number of nitriles is 1. The molecule has 0 aromatic heterocycles. The van der Waals surface area contributed by atoms with Gasteiger partial charge in [0.2, 0.25) is 0 Å². The van der Waals surface area contributed by atoms with Crippen LogP contribution in [0.15, 0.2) is 18.2 Å². The van der Waals surface area contributed by atoms with Crippen LogP contribution in [0.3, 0.4) is 0 Å². The molecule has 20 heavy (non-hydrogen) atoms. The van der Waals surface area contributed by atoms with Gasteiger partial charge < -0.3 is 0 Å². The second kappa shape index (κ2) is 6.12. The number of benzene rings is 1. The molecule has 0 aliphatic carbocycles. The van der Waals surface area contributed by atoms with Crippen molar-refractivity contribution >= 4 is 21.6 Å². The Bertz CT molecular complexity index is 640. The largest absolute Gasteiger partial charge is 0.281 e. The van der Waals surface area contributed by atoms with E-state index in [4.69, 9.17) is 5.26 Å². The first-order valence-corrected chi connectivity index (χ1v) is 9.22. The fourth-order valence-corrected chi connectivity index (χ4v) is 5.12. The minimum absolute atomic E-state index is 0.00945. The Morgan fingerprint density at radius 2 is 2.30 bits per heavy atom. The molecule has 1 fully saturated rings. The molecule has 1 aliphatic heterocycles. The third-order valence-corrected chi connectivity index (χ3v) is 5.91. The van der Waals surface area contributed by atoms with E-state index in [1.54, 1.807) is 23.9 Å². The van der Waals surface area contributed by atoms with E-state index in [2.05, 4.69) is 0 Å². The molecule has 1 saturated heterocycles. The van der Waals surface area contributed by atoms with Gasteiger partial charge in [0.15, 0.2) is 9.84 Å². The molecule has 1 aliphatic rings. The van der Waals surface area contributed by atoms with Crippen molar-refractivity contribution in [1.29, 1.82) is 5.26 Å². The molecule has 0 saturated carbocycles.